The largest absolute Gasteiger partial charge is 0.481 e. The Bertz CT molecular complexity index is 1550. The monoisotopic (exact) mass is 530 g/mol. The number of nitrogens with one attached hydrogen (secondary N) is 1. The van der Waals surface area contributed by atoms with Gasteiger partial charge in [0.15, 0.2) is 0 Å². The molecule has 6 nitrogen and oxygen atoms in total. The zero-order chi connectivity index (χ0) is 27.6. The van der Waals surface area contributed by atoms with Gasteiger partial charge in [-0.05, 0) is 83.8 Å². The van der Waals surface area contributed by atoms with Crippen molar-refractivity contribution in [2.45, 2.75) is 38.3 Å². The van der Waals surface area contributed by atoms with E-state index in [9.17, 15) is 19.5 Å². The molecular formula is C34H30N2O4. The SMILES string of the molecule is O=C(Nc1ccc(-c2ccc3c(c2)C(=O)N([C@H]2CC[C@H](C(=O)O)CC2)C3)cc1)c1ccc(-c2ccccc2)cc1. The van der Waals surface area contributed by atoms with E-state index in [4.69, 9.17) is 0 Å². The number of carbonyl (C=O) groups is 3. The summed E-state index contributed by atoms with van der Waals surface area (Å²) in [5.74, 6) is -1.18. The number of hydrogen-bond acceptors (Lipinski definition) is 3. The Morgan fingerprint density at radius 3 is 2.00 bits per heavy atom. The first-order valence-corrected chi connectivity index (χ1v) is 13.7. The number of carboxylic acid groups (broad SMARTS) is 1. The van der Waals surface area contributed by atoms with Crippen LogP contribution in [0.15, 0.2) is 97.1 Å². The Hall–Kier alpha value is -4.71. The molecule has 6 heteroatoms. The van der Waals surface area contributed by atoms with Gasteiger partial charge in [-0.3, -0.25) is 14.4 Å². The molecule has 0 bridgehead atoms. The van der Waals surface area contributed by atoms with Gasteiger partial charge in [0.1, 0.15) is 0 Å². The van der Waals surface area contributed by atoms with Crippen LogP contribution in [-0.4, -0.2) is 33.8 Å². The highest BCUT2D eigenvalue weighted by atomic mass is 16.4. The highest BCUT2D eigenvalue weighted by Gasteiger charge is 2.36. The van der Waals surface area contributed by atoms with Crippen LogP contribution in [0.1, 0.15) is 52.0 Å². The predicted octanol–water partition coefficient (Wildman–Crippen LogP) is 6.87. The summed E-state index contributed by atoms with van der Waals surface area (Å²) < 4.78 is 0. The number of carbonyl (C=O) groups excluding carboxylic acids is 2. The van der Waals surface area contributed by atoms with Gasteiger partial charge in [-0.15, -0.1) is 0 Å². The molecule has 2 amide bonds. The number of hydrogen-bond donors (Lipinski definition) is 2. The molecule has 0 spiro atoms. The summed E-state index contributed by atoms with van der Waals surface area (Å²) in [5.41, 5.74) is 7.07. The van der Waals surface area contributed by atoms with Crippen molar-refractivity contribution in [3.8, 4) is 22.3 Å². The number of nitrogens with zero attached hydrogens (tertiary/aromatic N) is 1. The number of fused-ring (bicyclic) bond motifs is 1. The van der Waals surface area contributed by atoms with E-state index in [1.54, 1.807) is 0 Å². The molecule has 1 aliphatic heterocycles. The maximum absolute atomic E-state index is 13.3. The second-order valence-electron chi connectivity index (χ2n) is 10.6. The van der Waals surface area contributed by atoms with Crippen molar-refractivity contribution in [3.63, 3.8) is 0 Å². The lowest BCUT2D eigenvalue weighted by Gasteiger charge is -2.33. The smallest absolute Gasteiger partial charge is 0.306 e. The zero-order valence-electron chi connectivity index (χ0n) is 22.0. The zero-order valence-corrected chi connectivity index (χ0v) is 22.0. The summed E-state index contributed by atoms with van der Waals surface area (Å²) >= 11 is 0. The van der Waals surface area contributed by atoms with E-state index in [2.05, 4.69) is 5.32 Å². The molecule has 1 aliphatic carbocycles. The van der Waals surface area contributed by atoms with Gasteiger partial charge < -0.3 is 15.3 Å². The van der Waals surface area contributed by atoms with Crippen LogP contribution in [0.3, 0.4) is 0 Å². The molecule has 0 radical (unpaired) electrons. The Labute approximate surface area is 233 Å². The third-order valence-electron chi connectivity index (χ3n) is 8.16. The van der Waals surface area contributed by atoms with Crippen LogP contribution in [0.4, 0.5) is 5.69 Å². The van der Waals surface area contributed by atoms with Gasteiger partial charge in [0, 0.05) is 29.4 Å². The van der Waals surface area contributed by atoms with Crippen LogP contribution in [-0.2, 0) is 11.3 Å². The minimum atomic E-state index is -0.734. The van der Waals surface area contributed by atoms with Crippen molar-refractivity contribution in [2.75, 3.05) is 5.32 Å². The fraction of sp³-hybridized carbons (Fsp3) is 0.206. The van der Waals surface area contributed by atoms with E-state index in [0.29, 0.717) is 36.2 Å². The lowest BCUT2D eigenvalue weighted by atomic mass is 9.85. The quantitative estimate of drug-likeness (QED) is 0.285. The fourth-order valence-corrected chi connectivity index (χ4v) is 5.83. The van der Waals surface area contributed by atoms with Gasteiger partial charge in [-0.2, -0.15) is 0 Å². The number of benzene rings is 4. The number of amides is 2. The minimum Gasteiger partial charge on any atom is -0.481 e. The van der Waals surface area contributed by atoms with Crippen molar-refractivity contribution < 1.29 is 19.5 Å². The van der Waals surface area contributed by atoms with Gasteiger partial charge in [-0.25, -0.2) is 0 Å². The van der Waals surface area contributed by atoms with Crippen molar-refractivity contribution in [3.05, 3.63) is 114 Å². The highest BCUT2D eigenvalue weighted by molar-refractivity contribution is 6.04. The molecule has 2 N–H and O–H groups in total. The Kier molecular flexibility index (Phi) is 6.91. The van der Waals surface area contributed by atoms with Crippen molar-refractivity contribution in [1.82, 2.24) is 4.90 Å². The van der Waals surface area contributed by atoms with Crippen LogP contribution in [0.5, 0.6) is 0 Å². The number of rotatable bonds is 6. The van der Waals surface area contributed by atoms with Crippen molar-refractivity contribution in [1.29, 1.82) is 0 Å². The molecule has 1 saturated carbocycles. The van der Waals surface area contributed by atoms with Crippen LogP contribution >= 0.6 is 0 Å². The first-order valence-electron chi connectivity index (χ1n) is 13.7. The number of aliphatic carboxylic acids is 1. The van der Waals surface area contributed by atoms with Gasteiger partial charge in [0.05, 0.1) is 5.92 Å². The highest BCUT2D eigenvalue weighted by Crippen LogP contribution is 2.35. The molecule has 1 heterocycles. The van der Waals surface area contributed by atoms with E-state index < -0.39 is 5.97 Å². The summed E-state index contributed by atoms with van der Waals surface area (Å²) in [4.78, 5) is 39.3. The second-order valence-corrected chi connectivity index (χ2v) is 10.6. The summed E-state index contributed by atoms with van der Waals surface area (Å²) in [6.45, 7) is 0.578. The van der Waals surface area contributed by atoms with E-state index >= 15 is 0 Å². The molecule has 6 rings (SSSR count). The van der Waals surface area contributed by atoms with Crippen LogP contribution in [0.2, 0.25) is 0 Å². The lowest BCUT2D eigenvalue weighted by Crippen LogP contribution is -2.39. The van der Waals surface area contributed by atoms with Crippen molar-refractivity contribution >= 4 is 23.5 Å². The molecule has 1 fully saturated rings. The summed E-state index contributed by atoms with van der Waals surface area (Å²) in [5, 5.41) is 12.2. The summed E-state index contributed by atoms with van der Waals surface area (Å²) in [7, 11) is 0. The lowest BCUT2D eigenvalue weighted by molar-refractivity contribution is -0.143. The number of carboxylic acids is 1. The molecule has 2 aliphatic rings. The van der Waals surface area contributed by atoms with Crippen LogP contribution in [0.25, 0.3) is 22.3 Å². The van der Waals surface area contributed by atoms with Crippen molar-refractivity contribution in [2.24, 2.45) is 5.92 Å². The normalized spacial score (nSPS) is 18.3. The average Bonchev–Trinajstić information content (AvgIpc) is 3.33. The molecule has 0 atom stereocenters. The topological polar surface area (TPSA) is 86.7 Å². The molecule has 4 aromatic carbocycles. The molecular weight excluding hydrogens is 500 g/mol. The minimum absolute atomic E-state index is 0.0257. The van der Waals surface area contributed by atoms with E-state index in [1.165, 1.54) is 0 Å². The first kappa shape index (κ1) is 25.6. The maximum Gasteiger partial charge on any atom is 0.306 e. The van der Waals surface area contributed by atoms with E-state index in [0.717, 1.165) is 40.7 Å². The molecule has 0 unspecified atom stereocenters. The third-order valence-corrected chi connectivity index (χ3v) is 8.16. The molecule has 200 valence electrons. The van der Waals surface area contributed by atoms with Gasteiger partial charge >= 0.3 is 5.97 Å². The van der Waals surface area contributed by atoms with E-state index in [1.807, 2.05) is 102 Å². The average molecular weight is 531 g/mol. The molecule has 4 aromatic rings. The Balaban J connectivity index is 1.10. The van der Waals surface area contributed by atoms with E-state index in [-0.39, 0.29) is 23.8 Å². The Morgan fingerprint density at radius 2 is 1.32 bits per heavy atom. The standard InChI is InChI=1S/C34H30N2O4/c37-32(25-8-6-23(7-9-25)22-4-2-1-3-5-22)35-29-16-12-24(13-17-29)27-10-11-28-21-36(33(38)31(28)20-27)30-18-14-26(15-19-30)34(39)40/h1-13,16-17,20,26,30H,14-15,18-19,21H2,(H,35,37)(H,39,40)/t26-,30-. The first-order chi connectivity index (χ1) is 19.5. The molecule has 0 saturated heterocycles. The van der Waals surface area contributed by atoms with Crippen LogP contribution < -0.4 is 5.32 Å². The summed E-state index contributed by atoms with van der Waals surface area (Å²) in [6, 6.07) is 31.3. The summed E-state index contributed by atoms with van der Waals surface area (Å²) in [6.07, 6.45) is 2.70. The van der Waals surface area contributed by atoms with Gasteiger partial charge in [0.25, 0.3) is 11.8 Å². The predicted molar refractivity (Wildman–Crippen MR) is 155 cm³/mol. The molecule has 40 heavy (non-hydrogen) atoms. The van der Waals surface area contributed by atoms with Gasteiger partial charge in [0.2, 0.25) is 0 Å². The molecule has 0 aromatic heterocycles. The van der Waals surface area contributed by atoms with Gasteiger partial charge in [-0.1, -0.05) is 66.7 Å². The van der Waals surface area contributed by atoms with Crippen LogP contribution in [0, 0.1) is 5.92 Å². The maximum atomic E-state index is 13.3. The fourth-order valence-electron chi connectivity index (χ4n) is 5.83. The second kappa shape index (κ2) is 10.8. The Morgan fingerprint density at radius 1 is 0.725 bits per heavy atom. The third kappa shape index (κ3) is 5.13. The number of anilines is 1.